The molecule has 152 valence electrons. The third-order valence-corrected chi connectivity index (χ3v) is 5.30. The van der Waals surface area contributed by atoms with Crippen LogP contribution in [0.2, 0.25) is 10.0 Å². The zero-order valence-corrected chi connectivity index (χ0v) is 18.1. The molecule has 9 heteroatoms. The van der Waals surface area contributed by atoms with Gasteiger partial charge in [-0.3, -0.25) is 4.68 Å². The van der Waals surface area contributed by atoms with E-state index < -0.39 is 5.63 Å². The van der Waals surface area contributed by atoms with Crippen molar-refractivity contribution in [2.45, 2.75) is 13.5 Å². The van der Waals surface area contributed by atoms with E-state index in [9.17, 15) is 4.79 Å². The summed E-state index contributed by atoms with van der Waals surface area (Å²) in [5.74, 6) is 0.421. The van der Waals surface area contributed by atoms with E-state index in [-0.39, 0.29) is 0 Å². The number of thiocarbonyl (C=S) groups is 1. The smallest absolute Gasteiger partial charge is 0.336 e. The lowest BCUT2D eigenvalue weighted by atomic mass is 10.1. The van der Waals surface area contributed by atoms with Gasteiger partial charge in [0.2, 0.25) is 0 Å². The summed E-state index contributed by atoms with van der Waals surface area (Å²) >= 11 is 17.9. The molecule has 0 spiro atoms. The molecule has 30 heavy (non-hydrogen) atoms. The molecule has 2 aromatic heterocycles. The van der Waals surface area contributed by atoms with Gasteiger partial charge in [0.1, 0.15) is 10.6 Å². The zero-order chi connectivity index (χ0) is 21.3. The maximum absolute atomic E-state index is 11.6. The topological polar surface area (TPSA) is 72.1 Å². The molecular weight excluding hydrogens is 443 g/mol. The molecule has 2 N–H and O–H groups in total. The highest BCUT2D eigenvalue weighted by Crippen LogP contribution is 2.24. The van der Waals surface area contributed by atoms with E-state index >= 15 is 0 Å². The molecule has 0 fully saturated rings. The predicted octanol–water partition coefficient (Wildman–Crippen LogP) is 5.46. The molecule has 0 bridgehead atoms. The lowest BCUT2D eigenvalue weighted by Gasteiger charge is -2.10. The third-order valence-electron chi connectivity index (χ3n) is 4.45. The van der Waals surface area contributed by atoms with Crippen molar-refractivity contribution in [3.8, 4) is 0 Å². The molecule has 0 amide bonds. The molecule has 4 aromatic rings. The van der Waals surface area contributed by atoms with Crippen molar-refractivity contribution >= 4 is 63.0 Å². The Kier molecular flexibility index (Phi) is 5.76. The predicted molar refractivity (Wildman–Crippen MR) is 125 cm³/mol. The minimum Gasteiger partial charge on any atom is -0.423 e. The summed E-state index contributed by atoms with van der Waals surface area (Å²) < 4.78 is 6.95. The number of nitrogens with one attached hydrogen (secondary N) is 2. The van der Waals surface area contributed by atoms with Gasteiger partial charge in [-0.1, -0.05) is 41.4 Å². The van der Waals surface area contributed by atoms with Gasteiger partial charge >= 0.3 is 5.63 Å². The van der Waals surface area contributed by atoms with E-state index in [0.29, 0.717) is 38.8 Å². The molecule has 0 saturated carbocycles. The van der Waals surface area contributed by atoms with Gasteiger partial charge in [0.25, 0.3) is 0 Å². The van der Waals surface area contributed by atoms with Crippen LogP contribution >= 0.6 is 35.4 Å². The Labute approximate surface area is 187 Å². The largest absolute Gasteiger partial charge is 0.423 e. The number of hydrogen-bond donors (Lipinski definition) is 2. The minimum absolute atomic E-state index is 0.300. The van der Waals surface area contributed by atoms with Crippen LogP contribution in [-0.2, 0) is 6.54 Å². The molecule has 2 aromatic carbocycles. The van der Waals surface area contributed by atoms with Crippen LogP contribution in [0.5, 0.6) is 0 Å². The number of anilines is 2. The van der Waals surface area contributed by atoms with Crippen LogP contribution in [-0.4, -0.2) is 14.9 Å². The van der Waals surface area contributed by atoms with Gasteiger partial charge in [-0.25, -0.2) is 4.79 Å². The minimum atomic E-state index is -0.395. The number of fused-ring (bicyclic) bond motifs is 1. The Hall–Kier alpha value is -2.87. The fourth-order valence-corrected chi connectivity index (χ4v) is 3.64. The first-order chi connectivity index (χ1) is 14.4. The number of nitrogens with zero attached hydrogens (tertiary/aromatic N) is 2. The second-order valence-corrected chi connectivity index (χ2v) is 7.88. The number of benzene rings is 2. The van der Waals surface area contributed by atoms with Crippen molar-refractivity contribution < 1.29 is 4.42 Å². The Balaban J connectivity index is 1.48. The average molecular weight is 459 g/mol. The first-order valence-electron chi connectivity index (χ1n) is 8.98. The molecule has 2 heterocycles. The Morgan fingerprint density at radius 2 is 1.93 bits per heavy atom. The molecule has 0 radical (unpaired) electrons. The zero-order valence-electron chi connectivity index (χ0n) is 15.8. The van der Waals surface area contributed by atoms with Crippen molar-refractivity contribution in [1.82, 2.24) is 9.78 Å². The average Bonchev–Trinajstić information content (AvgIpc) is 3.02. The lowest BCUT2D eigenvalue weighted by Crippen LogP contribution is -2.19. The SMILES string of the molecule is Cc1cc(=O)oc2cc(NC(=S)Nc3nn(Cc4ccccc4Cl)cc3Cl)ccc12. The fourth-order valence-electron chi connectivity index (χ4n) is 3.04. The normalized spacial score (nSPS) is 10.9. The number of aromatic nitrogens is 2. The summed E-state index contributed by atoms with van der Waals surface area (Å²) in [4.78, 5) is 11.6. The highest BCUT2D eigenvalue weighted by atomic mass is 35.5. The molecular formula is C21H16Cl2N4O2S. The highest BCUT2D eigenvalue weighted by molar-refractivity contribution is 7.80. The Morgan fingerprint density at radius 1 is 1.13 bits per heavy atom. The summed E-state index contributed by atoms with van der Waals surface area (Å²) in [6, 6.07) is 14.4. The van der Waals surface area contributed by atoms with Crippen LogP contribution in [0.15, 0.2) is 63.9 Å². The van der Waals surface area contributed by atoms with E-state index in [2.05, 4.69) is 15.7 Å². The van der Waals surface area contributed by atoms with Crippen LogP contribution in [0.1, 0.15) is 11.1 Å². The maximum Gasteiger partial charge on any atom is 0.336 e. The van der Waals surface area contributed by atoms with Crippen LogP contribution in [0, 0.1) is 6.92 Å². The molecule has 4 rings (SSSR count). The van der Waals surface area contributed by atoms with E-state index in [1.54, 1.807) is 16.9 Å². The molecule has 0 aliphatic rings. The second kappa shape index (κ2) is 8.47. The number of hydrogen-bond acceptors (Lipinski definition) is 4. The van der Waals surface area contributed by atoms with Gasteiger partial charge in [0, 0.05) is 34.4 Å². The van der Waals surface area contributed by atoms with Crippen molar-refractivity contribution in [3.63, 3.8) is 0 Å². The van der Waals surface area contributed by atoms with Gasteiger partial charge < -0.3 is 15.1 Å². The first-order valence-corrected chi connectivity index (χ1v) is 10.1. The summed E-state index contributed by atoms with van der Waals surface area (Å²) in [5, 5.41) is 12.7. The summed E-state index contributed by atoms with van der Waals surface area (Å²) in [6.45, 7) is 2.34. The van der Waals surface area contributed by atoms with Gasteiger partial charge in [-0.2, -0.15) is 5.10 Å². The maximum atomic E-state index is 11.6. The summed E-state index contributed by atoms with van der Waals surface area (Å²) in [5.41, 5.74) is 2.53. The quantitative estimate of drug-likeness (QED) is 0.312. The number of rotatable bonds is 4. The standard InChI is InChI=1S/C21H16Cl2N4O2S/c1-12-8-19(28)29-18-9-14(6-7-15(12)18)24-21(30)25-20-17(23)11-27(26-20)10-13-4-2-3-5-16(13)22/h2-9,11H,10H2,1H3,(H2,24,25,26,30). The molecule has 0 saturated heterocycles. The van der Waals surface area contributed by atoms with Gasteiger partial charge in [0.15, 0.2) is 10.9 Å². The van der Waals surface area contributed by atoms with Crippen molar-refractivity contribution in [1.29, 1.82) is 0 Å². The highest BCUT2D eigenvalue weighted by Gasteiger charge is 2.11. The summed E-state index contributed by atoms with van der Waals surface area (Å²) in [7, 11) is 0. The van der Waals surface area contributed by atoms with Crippen molar-refractivity contribution in [3.05, 3.63) is 86.3 Å². The van der Waals surface area contributed by atoms with Crippen LogP contribution in [0.25, 0.3) is 11.0 Å². The third kappa shape index (κ3) is 4.48. The lowest BCUT2D eigenvalue weighted by molar-refractivity contribution is 0.560. The van der Waals surface area contributed by atoms with Gasteiger partial charge in [-0.05, 0) is 48.5 Å². The van der Waals surface area contributed by atoms with Gasteiger partial charge in [0.05, 0.1) is 6.54 Å². The molecule has 0 aliphatic carbocycles. The van der Waals surface area contributed by atoms with Crippen molar-refractivity contribution in [2.24, 2.45) is 0 Å². The summed E-state index contributed by atoms with van der Waals surface area (Å²) in [6.07, 6.45) is 1.70. The first kappa shape index (κ1) is 20.4. The molecule has 6 nitrogen and oxygen atoms in total. The van der Waals surface area contributed by atoms with Crippen LogP contribution in [0.3, 0.4) is 0 Å². The molecule has 0 atom stereocenters. The van der Waals surface area contributed by atoms with E-state index in [0.717, 1.165) is 16.5 Å². The molecule has 0 aliphatic heterocycles. The number of halogens is 2. The van der Waals surface area contributed by atoms with E-state index in [4.69, 9.17) is 39.8 Å². The Bertz CT molecular complexity index is 1320. The second-order valence-electron chi connectivity index (χ2n) is 6.65. The molecule has 0 unspecified atom stereocenters. The van der Waals surface area contributed by atoms with E-state index in [1.165, 1.54) is 6.07 Å². The van der Waals surface area contributed by atoms with Crippen LogP contribution < -0.4 is 16.3 Å². The Morgan fingerprint density at radius 3 is 2.73 bits per heavy atom. The van der Waals surface area contributed by atoms with E-state index in [1.807, 2.05) is 43.3 Å². The monoisotopic (exact) mass is 458 g/mol. The van der Waals surface area contributed by atoms with Crippen LogP contribution in [0.4, 0.5) is 11.5 Å². The number of aryl methyl sites for hydroxylation is 1. The fraction of sp³-hybridized carbons (Fsp3) is 0.0952. The van der Waals surface area contributed by atoms with Gasteiger partial charge in [-0.15, -0.1) is 0 Å². The van der Waals surface area contributed by atoms with Crippen molar-refractivity contribution in [2.75, 3.05) is 10.6 Å².